The summed E-state index contributed by atoms with van der Waals surface area (Å²) < 4.78 is 0. The highest BCUT2D eigenvalue weighted by molar-refractivity contribution is 7.11. The predicted molar refractivity (Wildman–Crippen MR) is 51.9 cm³/mol. The van der Waals surface area contributed by atoms with Crippen molar-refractivity contribution in [2.24, 2.45) is 0 Å². The fraction of sp³-hybridized carbons (Fsp3) is 0.444. The number of likely N-dealkylation sites (tertiary alicyclic amines) is 1. The Hall–Kier alpha value is -1.23. The first-order valence-corrected chi connectivity index (χ1v) is 5.17. The topological polar surface area (TPSA) is 50.3 Å². The van der Waals surface area contributed by atoms with Gasteiger partial charge in [-0.05, 0) is 6.92 Å². The summed E-state index contributed by atoms with van der Waals surface area (Å²) in [6.45, 7) is 2.69. The summed E-state index contributed by atoms with van der Waals surface area (Å²) in [5, 5.41) is 0.894. The van der Waals surface area contributed by atoms with E-state index in [1.807, 2.05) is 6.92 Å². The molecule has 5 heteroatoms. The first-order chi connectivity index (χ1) is 6.65. The molecule has 1 amide bonds. The summed E-state index contributed by atoms with van der Waals surface area (Å²) in [4.78, 5) is 29.1. The average molecular weight is 210 g/mol. The maximum absolute atomic E-state index is 11.3. The zero-order chi connectivity index (χ0) is 10.1. The van der Waals surface area contributed by atoms with Gasteiger partial charge in [0.15, 0.2) is 5.78 Å². The van der Waals surface area contributed by atoms with E-state index in [2.05, 4.69) is 4.98 Å². The molecule has 1 aliphatic rings. The van der Waals surface area contributed by atoms with Gasteiger partial charge >= 0.3 is 0 Å². The Morgan fingerprint density at radius 3 is 2.86 bits per heavy atom. The molecule has 1 saturated heterocycles. The molecule has 0 spiro atoms. The molecule has 0 radical (unpaired) electrons. The fourth-order valence-electron chi connectivity index (χ4n) is 1.42. The minimum atomic E-state index is -0.0807. The Morgan fingerprint density at radius 1 is 1.57 bits per heavy atom. The van der Waals surface area contributed by atoms with Gasteiger partial charge in [-0.25, -0.2) is 4.98 Å². The van der Waals surface area contributed by atoms with Crippen LogP contribution >= 0.6 is 11.3 Å². The van der Waals surface area contributed by atoms with Crippen molar-refractivity contribution in [2.75, 3.05) is 6.54 Å². The van der Waals surface area contributed by atoms with Crippen molar-refractivity contribution in [1.82, 2.24) is 9.88 Å². The summed E-state index contributed by atoms with van der Waals surface area (Å²) in [5.74, 6) is -0.0777. The van der Waals surface area contributed by atoms with E-state index < -0.39 is 0 Å². The van der Waals surface area contributed by atoms with E-state index in [0.29, 0.717) is 6.54 Å². The van der Waals surface area contributed by atoms with Gasteiger partial charge in [0.05, 0.1) is 19.5 Å². The summed E-state index contributed by atoms with van der Waals surface area (Å²) >= 11 is 1.56. The van der Waals surface area contributed by atoms with Gasteiger partial charge in [-0.1, -0.05) is 0 Å². The molecule has 0 aromatic carbocycles. The molecule has 0 atom stereocenters. The quantitative estimate of drug-likeness (QED) is 0.677. The van der Waals surface area contributed by atoms with Gasteiger partial charge in [-0.3, -0.25) is 9.59 Å². The zero-order valence-electron chi connectivity index (χ0n) is 7.82. The van der Waals surface area contributed by atoms with Crippen molar-refractivity contribution >= 4 is 23.0 Å². The van der Waals surface area contributed by atoms with Gasteiger partial charge in [-0.15, -0.1) is 11.3 Å². The van der Waals surface area contributed by atoms with Crippen LogP contribution in [0.3, 0.4) is 0 Å². The number of hydrogen-bond donors (Lipinski definition) is 0. The summed E-state index contributed by atoms with van der Waals surface area (Å²) in [5.41, 5.74) is 0. The Balaban J connectivity index is 2.05. The largest absolute Gasteiger partial charge is 0.328 e. The summed E-state index contributed by atoms with van der Waals surface area (Å²) in [6.07, 6.45) is 1.84. The van der Waals surface area contributed by atoms with Crippen LogP contribution in [0.25, 0.3) is 0 Å². The number of ketones is 1. The minimum Gasteiger partial charge on any atom is -0.328 e. The highest BCUT2D eigenvalue weighted by atomic mass is 32.1. The number of amides is 1. The van der Waals surface area contributed by atoms with Crippen LogP contribution in [0.5, 0.6) is 0 Å². The van der Waals surface area contributed by atoms with E-state index in [4.69, 9.17) is 0 Å². The van der Waals surface area contributed by atoms with Crippen molar-refractivity contribution in [3.8, 4) is 0 Å². The third-order valence-electron chi connectivity index (χ3n) is 2.06. The highest BCUT2D eigenvalue weighted by Crippen LogP contribution is 2.16. The SMILES string of the molecule is Cc1cnc(CN2CC(=O)CC2=O)s1. The van der Waals surface area contributed by atoms with Crippen LogP contribution in [0.15, 0.2) is 6.20 Å². The van der Waals surface area contributed by atoms with Crippen LogP contribution in [-0.4, -0.2) is 28.1 Å². The number of hydrogen-bond acceptors (Lipinski definition) is 4. The van der Waals surface area contributed by atoms with E-state index in [0.717, 1.165) is 9.88 Å². The molecule has 0 saturated carbocycles. The van der Waals surface area contributed by atoms with Crippen LogP contribution in [0.1, 0.15) is 16.3 Å². The molecule has 2 rings (SSSR count). The summed E-state index contributed by atoms with van der Waals surface area (Å²) in [6, 6.07) is 0. The second-order valence-corrected chi connectivity index (χ2v) is 4.65. The molecule has 0 bridgehead atoms. The Kier molecular flexibility index (Phi) is 2.33. The van der Waals surface area contributed by atoms with Gasteiger partial charge in [0.2, 0.25) is 5.91 Å². The lowest BCUT2D eigenvalue weighted by molar-refractivity contribution is -0.128. The lowest BCUT2D eigenvalue weighted by Crippen LogP contribution is -2.24. The molecule has 74 valence electrons. The van der Waals surface area contributed by atoms with E-state index in [1.165, 1.54) is 0 Å². The number of carbonyl (C=O) groups excluding carboxylic acids is 2. The number of aromatic nitrogens is 1. The lowest BCUT2D eigenvalue weighted by Gasteiger charge is -2.11. The van der Waals surface area contributed by atoms with E-state index in [1.54, 1.807) is 22.4 Å². The van der Waals surface area contributed by atoms with Crippen LogP contribution < -0.4 is 0 Å². The van der Waals surface area contributed by atoms with Crippen molar-refractivity contribution < 1.29 is 9.59 Å². The molecule has 0 aliphatic carbocycles. The Bertz CT molecular complexity index is 386. The van der Waals surface area contributed by atoms with Gasteiger partial charge in [0.25, 0.3) is 0 Å². The molecular weight excluding hydrogens is 200 g/mol. The van der Waals surface area contributed by atoms with Crippen molar-refractivity contribution in [3.63, 3.8) is 0 Å². The highest BCUT2D eigenvalue weighted by Gasteiger charge is 2.27. The normalized spacial score (nSPS) is 16.8. The zero-order valence-corrected chi connectivity index (χ0v) is 8.63. The van der Waals surface area contributed by atoms with Crippen molar-refractivity contribution in [3.05, 3.63) is 16.1 Å². The molecule has 2 heterocycles. The number of aryl methyl sites for hydroxylation is 1. The minimum absolute atomic E-state index is 0.00304. The lowest BCUT2D eigenvalue weighted by atomic mass is 10.3. The van der Waals surface area contributed by atoms with Gasteiger partial charge in [-0.2, -0.15) is 0 Å². The summed E-state index contributed by atoms with van der Waals surface area (Å²) in [7, 11) is 0. The van der Waals surface area contributed by atoms with Gasteiger partial charge in [0, 0.05) is 11.1 Å². The Labute approximate surface area is 85.6 Å². The smallest absolute Gasteiger partial charge is 0.230 e. The third kappa shape index (κ3) is 1.82. The van der Waals surface area contributed by atoms with Crippen LogP contribution in [0.4, 0.5) is 0 Å². The first kappa shape index (κ1) is 9.33. The molecule has 0 N–H and O–H groups in total. The predicted octanol–water partition coefficient (Wildman–Crippen LogP) is 0.753. The molecule has 1 aliphatic heterocycles. The van der Waals surface area contributed by atoms with E-state index >= 15 is 0 Å². The first-order valence-electron chi connectivity index (χ1n) is 4.36. The van der Waals surface area contributed by atoms with E-state index in [-0.39, 0.29) is 24.7 Å². The molecule has 0 unspecified atom stereocenters. The number of Topliss-reactive ketones (excluding diaryl/α,β-unsaturated/α-hetero) is 1. The standard InChI is InChI=1S/C9H10N2O2S/c1-6-3-10-8(14-6)5-11-4-7(12)2-9(11)13/h3H,2,4-5H2,1H3. The number of nitrogens with zero attached hydrogens (tertiary/aromatic N) is 2. The van der Waals surface area contributed by atoms with Gasteiger partial charge in [0.1, 0.15) is 5.01 Å². The van der Waals surface area contributed by atoms with Gasteiger partial charge < -0.3 is 4.90 Å². The average Bonchev–Trinajstić information content (AvgIpc) is 2.61. The number of carbonyl (C=O) groups is 2. The van der Waals surface area contributed by atoms with Crippen molar-refractivity contribution in [1.29, 1.82) is 0 Å². The number of thiazole rings is 1. The second-order valence-electron chi connectivity index (χ2n) is 3.33. The molecule has 4 nitrogen and oxygen atoms in total. The maximum atomic E-state index is 11.3. The molecular formula is C9H10N2O2S. The van der Waals surface area contributed by atoms with Crippen LogP contribution in [0.2, 0.25) is 0 Å². The van der Waals surface area contributed by atoms with Crippen LogP contribution in [0, 0.1) is 6.92 Å². The second kappa shape index (κ2) is 3.49. The van der Waals surface area contributed by atoms with E-state index in [9.17, 15) is 9.59 Å². The third-order valence-corrected chi connectivity index (χ3v) is 2.96. The molecule has 1 fully saturated rings. The monoisotopic (exact) mass is 210 g/mol. The molecule has 1 aromatic rings. The fourth-order valence-corrected chi connectivity index (χ4v) is 2.22. The Morgan fingerprint density at radius 2 is 2.36 bits per heavy atom. The molecule has 1 aromatic heterocycles. The molecule has 14 heavy (non-hydrogen) atoms. The van der Waals surface area contributed by atoms with Crippen LogP contribution in [-0.2, 0) is 16.1 Å². The maximum Gasteiger partial charge on any atom is 0.230 e. The van der Waals surface area contributed by atoms with Crippen molar-refractivity contribution in [2.45, 2.75) is 19.9 Å². The number of rotatable bonds is 2.